The Labute approximate surface area is 206 Å². The van der Waals surface area contributed by atoms with E-state index in [4.69, 9.17) is 10.7 Å². The third kappa shape index (κ3) is 6.34. The van der Waals surface area contributed by atoms with Crippen LogP contribution in [-0.4, -0.2) is 46.8 Å². The minimum Gasteiger partial charge on any atom is -0.382 e. The number of halogens is 2. The zero-order valence-corrected chi connectivity index (χ0v) is 21.3. The van der Waals surface area contributed by atoms with E-state index < -0.39 is 0 Å². The van der Waals surface area contributed by atoms with Crippen LogP contribution in [0.25, 0.3) is 5.69 Å². The van der Waals surface area contributed by atoms with Crippen LogP contribution in [0.15, 0.2) is 29.3 Å². The Balaban J connectivity index is 0.00000363. The number of nitrogens with two attached hydrogens (primary N) is 1. The Kier molecular flexibility index (Phi) is 9.75. The first-order valence-corrected chi connectivity index (χ1v) is 11.0. The Morgan fingerprint density at radius 1 is 1.28 bits per heavy atom. The van der Waals surface area contributed by atoms with Gasteiger partial charge in [-0.2, -0.15) is 10.4 Å². The molecule has 1 aromatic heterocycles. The standard InChI is InChI=1S/C23H32FN7.HI/c1-4-27-23(30-14-16(2)12-17(3)15-30)28-11-5-6-21-20(13-25)22(26)31(29-21)19-9-7-18(24)8-10-19;/h7-10,16-17H,4-6,11-12,14-15,26H2,1-3H3,(H,27,28);1H. The highest BCUT2D eigenvalue weighted by Gasteiger charge is 2.24. The van der Waals surface area contributed by atoms with Crippen LogP contribution in [0.5, 0.6) is 0 Å². The van der Waals surface area contributed by atoms with E-state index in [1.54, 1.807) is 12.1 Å². The fourth-order valence-corrected chi connectivity index (χ4v) is 4.25. The van der Waals surface area contributed by atoms with E-state index in [9.17, 15) is 9.65 Å². The summed E-state index contributed by atoms with van der Waals surface area (Å²) in [5.74, 6) is 2.21. The van der Waals surface area contributed by atoms with Crippen molar-refractivity contribution in [3.63, 3.8) is 0 Å². The summed E-state index contributed by atoms with van der Waals surface area (Å²) in [6.45, 7) is 10.2. The summed E-state index contributed by atoms with van der Waals surface area (Å²) in [5.41, 5.74) is 7.78. The van der Waals surface area contributed by atoms with Crippen LogP contribution in [0.4, 0.5) is 10.2 Å². The number of likely N-dealkylation sites (tertiary alicyclic amines) is 1. The molecule has 0 aliphatic carbocycles. The molecule has 0 radical (unpaired) electrons. The van der Waals surface area contributed by atoms with Gasteiger partial charge in [-0.05, 0) is 62.3 Å². The molecule has 1 fully saturated rings. The van der Waals surface area contributed by atoms with Crippen LogP contribution in [0.1, 0.15) is 44.9 Å². The number of hydrogen-bond acceptors (Lipinski definition) is 4. The molecule has 0 amide bonds. The molecule has 32 heavy (non-hydrogen) atoms. The lowest BCUT2D eigenvalue weighted by atomic mass is 9.92. The van der Waals surface area contributed by atoms with Crippen molar-refractivity contribution >= 4 is 35.8 Å². The largest absolute Gasteiger partial charge is 0.382 e. The van der Waals surface area contributed by atoms with Crippen LogP contribution in [-0.2, 0) is 6.42 Å². The number of nitrogens with one attached hydrogen (secondary N) is 1. The molecule has 2 unspecified atom stereocenters. The molecule has 0 saturated carbocycles. The maximum absolute atomic E-state index is 13.2. The molecule has 1 aliphatic rings. The molecule has 2 atom stereocenters. The van der Waals surface area contributed by atoms with Crippen LogP contribution in [0, 0.1) is 29.0 Å². The van der Waals surface area contributed by atoms with Crippen molar-refractivity contribution in [3.05, 3.63) is 41.3 Å². The van der Waals surface area contributed by atoms with Crippen molar-refractivity contribution in [3.8, 4) is 11.8 Å². The lowest BCUT2D eigenvalue weighted by Gasteiger charge is -2.37. The van der Waals surface area contributed by atoms with Gasteiger partial charge in [-0.3, -0.25) is 4.99 Å². The minimum absolute atomic E-state index is 0. The van der Waals surface area contributed by atoms with E-state index in [2.05, 4.69) is 42.2 Å². The predicted octanol–water partition coefficient (Wildman–Crippen LogP) is 3.96. The number of nitrogen functional groups attached to an aromatic ring is 1. The third-order valence-corrected chi connectivity index (χ3v) is 5.51. The molecule has 0 spiro atoms. The molecule has 2 aromatic rings. The predicted molar refractivity (Wildman–Crippen MR) is 137 cm³/mol. The summed E-state index contributed by atoms with van der Waals surface area (Å²) in [4.78, 5) is 7.17. The zero-order chi connectivity index (χ0) is 22.4. The first-order chi connectivity index (χ1) is 14.9. The summed E-state index contributed by atoms with van der Waals surface area (Å²) in [6, 6.07) is 8.04. The van der Waals surface area contributed by atoms with Crippen molar-refractivity contribution in [2.45, 2.75) is 40.0 Å². The normalized spacial score (nSPS) is 18.7. The van der Waals surface area contributed by atoms with Gasteiger partial charge in [0, 0.05) is 26.2 Å². The van der Waals surface area contributed by atoms with Gasteiger partial charge in [-0.1, -0.05) is 13.8 Å². The highest BCUT2D eigenvalue weighted by Crippen LogP contribution is 2.23. The summed E-state index contributed by atoms with van der Waals surface area (Å²) in [6.07, 6.45) is 2.60. The van der Waals surface area contributed by atoms with Crippen LogP contribution < -0.4 is 11.1 Å². The molecule has 3 N–H and O–H groups in total. The smallest absolute Gasteiger partial charge is 0.193 e. The first kappa shape index (κ1) is 25.9. The van der Waals surface area contributed by atoms with Crippen LogP contribution >= 0.6 is 24.0 Å². The van der Waals surface area contributed by atoms with Gasteiger partial charge in [-0.15, -0.1) is 24.0 Å². The Hall–Kier alpha value is -2.35. The van der Waals surface area contributed by atoms with E-state index in [0.717, 1.165) is 32.0 Å². The zero-order valence-electron chi connectivity index (χ0n) is 19.0. The number of aromatic nitrogens is 2. The van der Waals surface area contributed by atoms with Gasteiger partial charge in [0.1, 0.15) is 23.3 Å². The highest BCUT2D eigenvalue weighted by atomic mass is 127. The monoisotopic (exact) mass is 553 g/mol. The number of nitrogens with zero attached hydrogens (tertiary/aromatic N) is 5. The lowest BCUT2D eigenvalue weighted by Crippen LogP contribution is -2.48. The Bertz CT molecular complexity index is 938. The summed E-state index contributed by atoms with van der Waals surface area (Å²) in [7, 11) is 0. The van der Waals surface area contributed by atoms with E-state index in [-0.39, 0.29) is 35.6 Å². The van der Waals surface area contributed by atoms with Gasteiger partial charge >= 0.3 is 0 Å². The molecule has 2 heterocycles. The summed E-state index contributed by atoms with van der Waals surface area (Å²) in [5, 5.41) is 17.5. The molecule has 1 aromatic carbocycles. The van der Waals surface area contributed by atoms with Gasteiger partial charge in [0.2, 0.25) is 0 Å². The van der Waals surface area contributed by atoms with Crippen molar-refractivity contribution in [2.75, 3.05) is 31.9 Å². The van der Waals surface area contributed by atoms with Crippen LogP contribution in [0.3, 0.4) is 0 Å². The number of anilines is 1. The Morgan fingerprint density at radius 3 is 2.53 bits per heavy atom. The molecular formula is C23H33FIN7. The molecule has 7 nitrogen and oxygen atoms in total. The number of aryl methyl sites for hydroxylation is 1. The SMILES string of the molecule is CCNC(=NCCCc1nn(-c2ccc(F)cc2)c(N)c1C#N)N1CC(C)CC(C)C1.I. The van der Waals surface area contributed by atoms with Gasteiger partial charge in [0.15, 0.2) is 5.96 Å². The molecule has 1 aliphatic heterocycles. The summed E-state index contributed by atoms with van der Waals surface area (Å²) < 4.78 is 14.7. The quantitative estimate of drug-likeness (QED) is 0.245. The second kappa shape index (κ2) is 12.0. The third-order valence-electron chi connectivity index (χ3n) is 5.51. The number of piperidine rings is 1. The van der Waals surface area contributed by atoms with E-state index in [1.165, 1.54) is 23.2 Å². The molecule has 174 valence electrons. The van der Waals surface area contributed by atoms with Crippen molar-refractivity contribution in [2.24, 2.45) is 16.8 Å². The van der Waals surface area contributed by atoms with Gasteiger partial charge in [0.05, 0.1) is 11.4 Å². The first-order valence-electron chi connectivity index (χ1n) is 11.0. The maximum atomic E-state index is 13.2. The van der Waals surface area contributed by atoms with E-state index in [1.807, 2.05) is 0 Å². The highest BCUT2D eigenvalue weighted by molar-refractivity contribution is 14.0. The number of rotatable bonds is 6. The van der Waals surface area contributed by atoms with E-state index in [0.29, 0.717) is 41.7 Å². The average molecular weight is 553 g/mol. The maximum Gasteiger partial charge on any atom is 0.193 e. The van der Waals surface area contributed by atoms with E-state index >= 15 is 0 Å². The van der Waals surface area contributed by atoms with Gasteiger partial charge < -0.3 is 16.0 Å². The van der Waals surface area contributed by atoms with Crippen LogP contribution in [0.2, 0.25) is 0 Å². The van der Waals surface area contributed by atoms with Crippen molar-refractivity contribution in [1.82, 2.24) is 20.0 Å². The number of guanidine groups is 1. The molecular weight excluding hydrogens is 520 g/mol. The van der Waals surface area contributed by atoms with Crippen molar-refractivity contribution < 1.29 is 4.39 Å². The second-order valence-corrected chi connectivity index (χ2v) is 8.40. The topological polar surface area (TPSA) is 95.3 Å². The van der Waals surface area contributed by atoms with Crippen molar-refractivity contribution in [1.29, 1.82) is 5.26 Å². The Morgan fingerprint density at radius 2 is 1.94 bits per heavy atom. The minimum atomic E-state index is -0.331. The molecule has 1 saturated heterocycles. The molecule has 3 rings (SSSR count). The summed E-state index contributed by atoms with van der Waals surface area (Å²) >= 11 is 0. The lowest BCUT2D eigenvalue weighted by molar-refractivity contribution is 0.208. The fraction of sp³-hybridized carbons (Fsp3) is 0.522. The number of nitriles is 1. The molecule has 9 heteroatoms. The van der Waals surface area contributed by atoms with Gasteiger partial charge in [-0.25, -0.2) is 9.07 Å². The number of aliphatic imine (C=N–C) groups is 1. The van der Waals surface area contributed by atoms with Gasteiger partial charge in [0.25, 0.3) is 0 Å². The fourth-order valence-electron chi connectivity index (χ4n) is 4.25. The second-order valence-electron chi connectivity index (χ2n) is 8.40. The average Bonchev–Trinajstić information content (AvgIpc) is 3.05. The number of benzene rings is 1. The molecule has 0 bridgehead atoms. The number of hydrogen-bond donors (Lipinski definition) is 2.